The van der Waals surface area contributed by atoms with Gasteiger partial charge in [-0.1, -0.05) is 75.6 Å². The molecule has 3 N–H and O–H groups in total. The molecule has 3 aliphatic rings. The van der Waals surface area contributed by atoms with Gasteiger partial charge in [-0.3, -0.25) is 14.4 Å². The van der Waals surface area contributed by atoms with Gasteiger partial charge < -0.3 is 25.2 Å². The SMILES string of the molecule is CC1(C)OCC(C)(C)C(C(=O)NC(CC(=O)O)C2CCCCC2NC(=O)C2(CC=Cc3ccccc3)CCC2)O1. The van der Waals surface area contributed by atoms with Crippen molar-refractivity contribution in [2.24, 2.45) is 16.7 Å². The Labute approximate surface area is 238 Å². The molecule has 0 aromatic heterocycles. The van der Waals surface area contributed by atoms with E-state index in [-0.39, 0.29) is 30.2 Å². The molecule has 1 heterocycles. The Bertz CT molecular complexity index is 1080. The maximum absolute atomic E-state index is 13.7. The predicted molar refractivity (Wildman–Crippen MR) is 153 cm³/mol. The monoisotopic (exact) mass is 554 g/mol. The second kappa shape index (κ2) is 12.4. The quantitative estimate of drug-likeness (QED) is 0.372. The minimum atomic E-state index is -0.977. The molecule has 0 spiro atoms. The highest BCUT2D eigenvalue weighted by Crippen LogP contribution is 2.45. The third-order valence-corrected chi connectivity index (χ3v) is 8.93. The number of carboxylic acids is 1. The Morgan fingerprint density at radius 2 is 1.75 bits per heavy atom. The van der Waals surface area contributed by atoms with Gasteiger partial charge in [-0.25, -0.2) is 0 Å². The van der Waals surface area contributed by atoms with Gasteiger partial charge in [0.15, 0.2) is 5.79 Å². The minimum Gasteiger partial charge on any atom is -0.481 e. The molecule has 40 heavy (non-hydrogen) atoms. The van der Waals surface area contributed by atoms with Gasteiger partial charge in [-0.05, 0) is 57.4 Å². The van der Waals surface area contributed by atoms with Crippen LogP contribution >= 0.6 is 0 Å². The minimum absolute atomic E-state index is 0.0457. The fourth-order valence-electron chi connectivity index (χ4n) is 6.33. The van der Waals surface area contributed by atoms with E-state index in [1.807, 2.05) is 44.2 Å². The largest absolute Gasteiger partial charge is 0.481 e. The average molecular weight is 555 g/mol. The molecule has 0 bridgehead atoms. The van der Waals surface area contributed by atoms with Crippen LogP contribution in [-0.4, -0.2) is 53.5 Å². The van der Waals surface area contributed by atoms with E-state index in [2.05, 4.69) is 22.8 Å². The van der Waals surface area contributed by atoms with Gasteiger partial charge in [-0.15, -0.1) is 0 Å². The van der Waals surface area contributed by atoms with Crippen LogP contribution in [0.25, 0.3) is 6.08 Å². The molecule has 1 aliphatic heterocycles. The zero-order chi connectivity index (χ0) is 29.0. The number of rotatable bonds is 10. The molecule has 1 aromatic carbocycles. The van der Waals surface area contributed by atoms with Gasteiger partial charge in [0, 0.05) is 17.5 Å². The molecule has 2 aliphatic carbocycles. The summed E-state index contributed by atoms with van der Waals surface area (Å²) in [4.78, 5) is 39.1. The topological polar surface area (TPSA) is 114 Å². The van der Waals surface area contributed by atoms with Crippen LogP contribution in [0.5, 0.6) is 0 Å². The van der Waals surface area contributed by atoms with Crippen LogP contribution in [0.4, 0.5) is 0 Å². The number of benzene rings is 1. The van der Waals surface area contributed by atoms with Crippen molar-refractivity contribution in [1.29, 1.82) is 0 Å². The molecule has 1 saturated heterocycles. The van der Waals surface area contributed by atoms with Crippen LogP contribution in [0.15, 0.2) is 36.4 Å². The third-order valence-electron chi connectivity index (χ3n) is 8.93. The number of carboxylic acid groups (broad SMARTS) is 1. The molecule has 220 valence electrons. The van der Waals surface area contributed by atoms with Gasteiger partial charge in [0.2, 0.25) is 11.8 Å². The van der Waals surface area contributed by atoms with Crippen molar-refractivity contribution in [3.05, 3.63) is 42.0 Å². The van der Waals surface area contributed by atoms with E-state index in [9.17, 15) is 19.5 Å². The van der Waals surface area contributed by atoms with E-state index in [0.717, 1.165) is 50.5 Å². The van der Waals surface area contributed by atoms with E-state index >= 15 is 0 Å². The van der Waals surface area contributed by atoms with E-state index in [1.54, 1.807) is 13.8 Å². The second-order valence-electron chi connectivity index (χ2n) is 13.1. The fraction of sp³-hybridized carbons (Fsp3) is 0.656. The van der Waals surface area contributed by atoms with Crippen molar-refractivity contribution in [2.75, 3.05) is 6.61 Å². The van der Waals surface area contributed by atoms with Gasteiger partial charge in [0.1, 0.15) is 6.10 Å². The van der Waals surface area contributed by atoms with Gasteiger partial charge in [0.25, 0.3) is 0 Å². The number of hydrogen-bond donors (Lipinski definition) is 3. The Kier molecular flexibility index (Phi) is 9.40. The zero-order valence-electron chi connectivity index (χ0n) is 24.4. The van der Waals surface area contributed by atoms with Crippen LogP contribution in [0.2, 0.25) is 0 Å². The summed E-state index contributed by atoms with van der Waals surface area (Å²) in [5.74, 6) is -2.34. The summed E-state index contributed by atoms with van der Waals surface area (Å²) in [6.07, 6.45) is 9.96. The lowest BCUT2D eigenvalue weighted by molar-refractivity contribution is -0.304. The summed E-state index contributed by atoms with van der Waals surface area (Å²) in [5.41, 5.74) is 0.110. The highest BCUT2D eigenvalue weighted by Gasteiger charge is 2.48. The zero-order valence-corrected chi connectivity index (χ0v) is 24.4. The summed E-state index contributed by atoms with van der Waals surface area (Å²) in [7, 11) is 0. The number of hydrogen-bond acceptors (Lipinski definition) is 5. The standard InChI is InChI=1S/C32H46N2O6/c1-30(2)21-39-31(3,4)40-27(30)28(37)33-25(20-26(35)36)23-15-8-9-16-24(23)34-29(38)32(18-11-19-32)17-10-14-22-12-6-5-7-13-22/h5-7,10,12-14,23-25,27H,8-9,11,15-21H2,1-4H3,(H,33,37)(H,34,38)(H,35,36). The van der Waals surface area contributed by atoms with Crippen LogP contribution in [0.1, 0.15) is 91.0 Å². The summed E-state index contributed by atoms with van der Waals surface area (Å²) in [6.45, 7) is 7.72. The molecule has 4 unspecified atom stereocenters. The summed E-state index contributed by atoms with van der Waals surface area (Å²) < 4.78 is 11.8. The van der Waals surface area contributed by atoms with E-state index in [0.29, 0.717) is 13.0 Å². The van der Waals surface area contributed by atoms with Crippen molar-refractivity contribution in [3.8, 4) is 0 Å². The molecule has 3 fully saturated rings. The molecule has 8 nitrogen and oxygen atoms in total. The molecule has 4 rings (SSSR count). The summed E-state index contributed by atoms with van der Waals surface area (Å²) in [6, 6.07) is 9.26. The van der Waals surface area contributed by atoms with Crippen LogP contribution in [0.3, 0.4) is 0 Å². The molecule has 2 amide bonds. The van der Waals surface area contributed by atoms with Crippen LogP contribution in [-0.2, 0) is 23.9 Å². The molecule has 8 heteroatoms. The van der Waals surface area contributed by atoms with Crippen LogP contribution < -0.4 is 10.6 Å². The molecular formula is C32H46N2O6. The van der Waals surface area contributed by atoms with Crippen molar-refractivity contribution < 1.29 is 29.0 Å². The predicted octanol–water partition coefficient (Wildman–Crippen LogP) is 5.07. The molecule has 0 radical (unpaired) electrons. The van der Waals surface area contributed by atoms with Crippen molar-refractivity contribution in [1.82, 2.24) is 10.6 Å². The number of carbonyl (C=O) groups excluding carboxylic acids is 2. The Hall–Kier alpha value is -2.71. The van der Waals surface area contributed by atoms with Gasteiger partial charge in [0.05, 0.1) is 18.4 Å². The number of carbonyl (C=O) groups is 3. The second-order valence-corrected chi connectivity index (χ2v) is 13.1. The Balaban J connectivity index is 1.46. The first-order valence-electron chi connectivity index (χ1n) is 14.8. The molecular weight excluding hydrogens is 508 g/mol. The average Bonchev–Trinajstić information content (AvgIpc) is 2.87. The number of ether oxygens (including phenoxy) is 2. The number of allylic oxidation sites excluding steroid dienone is 1. The highest BCUT2D eigenvalue weighted by molar-refractivity contribution is 5.84. The van der Waals surface area contributed by atoms with E-state index in [1.165, 1.54) is 0 Å². The maximum Gasteiger partial charge on any atom is 0.305 e. The lowest BCUT2D eigenvalue weighted by atomic mass is 9.65. The fourth-order valence-corrected chi connectivity index (χ4v) is 6.33. The van der Waals surface area contributed by atoms with Crippen LogP contribution in [0, 0.1) is 16.7 Å². The normalized spacial score (nSPS) is 27.8. The summed E-state index contributed by atoms with van der Waals surface area (Å²) in [5, 5.41) is 16.1. The molecule has 1 aromatic rings. The number of aliphatic carboxylic acids is 1. The maximum atomic E-state index is 13.7. The Morgan fingerprint density at radius 1 is 1.05 bits per heavy atom. The lowest BCUT2D eigenvalue weighted by Gasteiger charge is -2.46. The van der Waals surface area contributed by atoms with E-state index < -0.39 is 34.7 Å². The van der Waals surface area contributed by atoms with Gasteiger partial charge >= 0.3 is 5.97 Å². The first-order valence-corrected chi connectivity index (χ1v) is 14.8. The number of amides is 2. The van der Waals surface area contributed by atoms with Gasteiger partial charge in [-0.2, -0.15) is 0 Å². The first-order chi connectivity index (χ1) is 18.9. The highest BCUT2D eigenvalue weighted by atomic mass is 16.7. The van der Waals surface area contributed by atoms with E-state index in [4.69, 9.17) is 9.47 Å². The van der Waals surface area contributed by atoms with Crippen molar-refractivity contribution in [3.63, 3.8) is 0 Å². The lowest BCUT2D eigenvalue weighted by Crippen LogP contribution is -2.60. The molecule has 2 saturated carbocycles. The first kappa shape index (κ1) is 30.3. The molecule has 4 atom stereocenters. The Morgan fingerprint density at radius 3 is 2.40 bits per heavy atom. The number of nitrogens with one attached hydrogen (secondary N) is 2. The summed E-state index contributed by atoms with van der Waals surface area (Å²) >= 11 is 0. The van der Waals surface area contributed by atoms with Crippen molar-refractivity contribution in [2.45, 2.75) is 109 Å². The smallest absolute Gasteiger partial charge is 0.305 e. The van der Waals surface area contributed by atoms with Crippen molar-refractivity contribution >= 4 is 23.9 Å². The third kappa shape index (κ3) is 7.32.